The summed E-state index contributed by atoms with van der Waals surface area (Å²) in [6.07, 6.45) is 7.75. The fourth-order valence-corrected chi connectivity index (χ4v) is 2.25. The van der Waals surface area contributed by atoms with Crippen molar-refractivity contribution in [2.24, 2.45) is 0 Å². The van der Waals surface area contributed by atoms with Crippen LogP contribution in [-0.4, -0.2) is 11.9 Å². The summed E-state index contributed by atoms with van der Waals surface area (Å²) in [5.41, 5.74) is 5.21. The van der Waals surface area contributed by atoms with Gasteiger partial charge in [0.25, 0.3) is 0 Å². The summed E-state index contributed by atoms with van der Waals surface area (Å²) in [5, 5.41) is 0. The van der Waals surface area contributed by atoms with E-state index in [2.05, 4.69) is 18.8 Å². The van der Waals surface area contributed by atoms with Gasteiger partial charge in [0.05, 0.1) is 0 Å². The lowest BCUT2D eigenvalue weighted by atomic mass is 10.0. The molecule has 24 heavy (non-hydrogen) atoms. The van der Waals surface area contributed by atoms with E-state index in [1.165, 1.54) is 11.8 Å². The summed E-state index contributed by atoms with van der Waals surface area (Å²) in [6.45, 7) is 7.91. The van der Waals surface area contributed by atoms with E-state index in [1.807, 2.05) is 45.1 Å². The molecular weight excluding hydrogens is 316 g/mol. The van der Waals surface area contributed by atoms with Gasteiger partial charge in [0.15, 0.2) is 5.62 Å². The van der Waals surface area contributed by atoms with Crippen LogP contribution in [0.5, 0.6) is 0 Å². The van der Waals surface area contributed by atoms with Crippen molar-refractivity contribution in [2.75, 3.05) is 0 Å². The minimum Gasteiger partial charge on any atom is -0.298 e. The van der Waals surface area contributed by atoms with Crippen molar-refractivity contribution >= 4 is 23.7 Å². The van der Waals surface area contributed by atoms with Crippen LogP contribution in [0.3, 0.4) is 0 Å². The predicted molar refractivity (Wildman–Crippen MR) is 104 cm³/mol. The first kappa shape index (κ1) is 19.7. The fourth-order valence-electron chi connectivity index (χ4n) is 1.86. The van der Waals surface area contributed by atoms with Gasteiger partial charge in [-0.25, -0.2) is 0 Å². The second-order valence-corrected chi connectivity index (χ2v) is 6.35. The molecule has 0 aliphatic rings. The lowest BCUT2D eigenvalue weighted by Crippen LogP contribution is -1.87. The SMILES string of the molecule is CC/C=C/C(C#Cc1cc(C=O)ccc1C)=C\C(C)=C(/C)SC=O. The smallest absolute Gasteiger partial charge is 0.180 e. The molecule has 1 rings (SSSR count). The molecule has 0 unspecified atom stereocenters. The second-order valence-electron chi connectivity index (χ2n) is 5.31. The van der Waals surface area contributed by atoms with E-state index in [9.17, 15) is 9.59 Å². The average Bonchev–Trinajstić information content (AvgIpc) is 2.58. The molecule has 1 aromatic carbocycles. The summed E-state index contributed by atoms with van der Waals surface area (Å²) in [5.74, 6) is 6.31. The molecule has 0 saturated heterocycles. The third kappa shape index (κ3) is 6.44. The highest BCUT2D eigenvalue weighted by Gasteiger charge is 1.98. The van der Waals surface area contributed by atoms with Crippen molar-refractivity contribution in [3.63, 3.8) is 0 Å². The fraction of sp³-hybridized carbons (Fsp3) is 0.238. The van der Waals surface area contributed by atoms with Crippen molar-refractivity contribution in [1.82, 2.24) is 0 Å². The van der Waals surface area contributed by atoms with Crippen LogP contribution in [0.1, 0.15) is 48.7 Å². The molecule has 0 aromatic heterocycles. The zero-order valence-electron chi connectivity index (χ0n) is 14.6. The molecule has 0 N–H and O–H groups in total. The van der Waals surface area contributed by atoms with E-state index in [0.717, 1.165) is 45.5 Å². The van der Waals surface area contributed by atoms with E-state index in [0.29, 0.717) is 5.56 Å². The summed E-state index contributed by atoms with van der Waals surface area (Å²) in [6, 6.07) is 5.48. The van der Waals surface area contributed by atoms with Gasteiger partial charge in [-0.05, 0) is 55.4 Å². The lowest BCUT2D eigenvalue weighted by molar-refractivity contribution is 0.112. The Balaban J connectivity index is 3.26. The van der Waals surface area contributed by atoms with Crippen LogP contribution < -0.4 is 0 Å². The van der Waals surface area contributed by atoms with Gasteiger partial charge in [0, 0.05) is 16.7 Å². The van der Waals surface area contributed by atoms with Crippen molar-refractivity contribution in [3.05, 3.63) is 69.2 Å². The number of hydrogen-bond acceptors (Lipinski definition) is 3. The molecule has 0 aliphatic heterocycles. The Labute approximate surface area is 148 Å². The summed E-state index contributed by atoms with van der Waals surface area (Å²) in [4.78, 5) is 22.5. The molecule has 0 aliphatic carbocycles. The average molecular weight is 338 g/mol. The highest BCUT2D eigenvalue weighted by Crippen LogP contribution is 2.18. The van der Waals surface area contributed by atoms with Crippen molar-refractivity contribution in [1.29, 1.82) is 0 Å². The number of allylic oxidation sites excluding steroid dienone is 6. The van der Waals surface area contributed by atoms with Crippen LogP contribution in [0.15, 0.2) is 52.5 Å². The molecule has 0 heterocycles. The molecule has 0 saturated carbocycles. The molecule has 0 fully saturated rings. The Bertz CT molecular complexity index is 756. The van der Waals surface area contributed by atoms with Crippen molar-refractivity contribution < 1.29 is 9.59 Å². The van der Waals surface area contributed by atoms with Gasteiger partial charge in [-0.15, -0.1) is 0 Å². The Morgan fingerprint density at radius 2 is 2.00 bits per heavy atom. The maximum Gasteiger partial charge on any atom is 0.180 e. The Hall–Kier alpha value is -2.31. The highest BCUT2D eigenvalue weighted by atomic mass is 32.2. The summed E-state index contributed by atoms with van der Waals surface area (Å²) in [7, 11) is 0. The molecule has 0 radical (unpaired) electrons. The van der Waals surface area contributed by atoms with Crippen LogP contribution in [0.4, 0.5) is 0 Å². The Kier molecular flexibility index (Phi) is 8.60. The van der Waals surface area contributed by atoms with E-state index in [4.69, 9.17) is 0 Å². The van der Waals surface area contributed by atoms with E-state index in [1.54, 1.807) is 12.1 Å². The van der Waals surface area contributed by atoms with Crippen LogP contribution in [0.2, 0.25) is 0 Å². The number of benzene rings is 1. The number of aldehydes is 1. The van der Waals surface area contributed by atoms with Crippen molar-refractivity contribution in [3.8, 4) is 11.8 Å². The van der Waals surface area contributed by atoms with Crippen molar-refractivity contribution in [2.45, 2.75) is 34.1 Å². The quantitative estimate of drug-likeness (QED) is 0.402. The topological polar surface area (TPSA) is 34.1 Å². The summed E-state index contributed by atoms with van der Waals surface area (Å²) >= 11 is 1.17. The number of aryl methyl sites for hydroxylation is 1. The van der Waals surface area contributed by atoms with Gasteiger partial charge >= 0.3 is 0 Å². The normalized spacial score (nSPS) is 12.4. The number of thioether (sulfide) groups is 1. The van der Waals surface area contributed by atoms with E-state index < -0.39 is 0 Å². The molecule has 0 atom stereocenters. The van der Waals surface area contributed by atoms with Crippen LogP contribution >= 0.6 is 11.8 Å². The standard InChI is InChI=1S/C21H22O2S/c1-5-6-7-19(12-17(3)18(4)24-15-23)10-11-21-13-20(14-22)9-8-16(21)2/h6-9,12-15H,5H2,1-4H3/b7-6+,18-17+,19-12+. The Morgan fingerprint density at radius 1 is 1.25 bits per heavy atom. The van der Waals surface area contributed by atoms with Gasteiger partial charge in [0.2, 0.25) is 0 Å². The summed E-state index contributed by atoms with van der Waals surface area (Å²) < 4.78 is 0. The lowest BCUT2D eigenvalue weighted by Gasteiger charge is -2.01. The molecule has 0 spiro atoms. The molecule has 3 heteroatoms. The first-order valence-corrected chi connectivity index (χ1v) is 8.63. The van der Waals surface area contributed by atoms with Crippen LogP contribution in [-0.2, 0) is 4.79 Å². The monoisotopic (exact) mass is 338 g/mol. The van der Waals surface area contributed by atoms with Gasteiger partial charge in [-0.3, -0.25) is 9.59 Å². The molecule has 1 aromatic rings. The largest absolute Gasteiger partial charge is 0.298 e. The minimum absolute atomic E-state index is 0.619. The van der Waals surface area contributed by atoms with Gasteiger partial charge < -0.3 is 0 Å². The zero-order chi connectivity index (χ0) is 17.9. The molecule has 0 bridgehead atoms. The van der Waals surface area contributed by atoms with Crippen LogP contribution in [0.25, 0.3) is 0 Å². The van der Waals surface area contributed by atoms with Gasteiger partial charge in [-0.2, -0.15) is 0 Å². The number of rotatable bonds is 6. The number of hydrogen-bond donors (Lipinski definition) is 0. The zero-order valence-corrected chi connectivity index (χ0v) is 15.4. The highest BCUT2D eigenvalue weighted by molar-refractivity contribution is 8.15. The van der Waals surface area contributed by atoms with E-state index >= 15 is 0 Å². The maximum absolute atomic E-state index is 10.9. The molecule has 124 valence electrons. The van der Waals surface area contributed by atoms with Gasteiger partial charge in [-0.1, -0.05) is 54.8 Å². The first-order valence-electron chi connectivity index (χ1n) is 7.75. The third-order valence-electron chi connectivity index (χ3n) is 3.42. The molecule has 2 nitrogen and oxygen atoms in total. The number of carbonyl (C=O) groups is 2. The Morgan fingerprint density at radius 3 is 2.62 bits per heavy atom. The van der Waals surface area contributed by atoms with Crippen LogP contribution in [0, 0.1) is 18.8 Å². The number of carbonyl (C=O) groups excluding carboxylic acids is 2. The second kappa shape index (κ2) is 10.5. The molecule has 0 amide bonds. The first-order chi connectivity index (χ1) is 11.5. The molecular formula is C21H22O2S. The maximum atomic E-state index is 10.9. The minimum atomic E-state index is 0.619. The predicted octanol–water partition coefficient (Wildman–Crippen LogP) is 5.27. The third-order valence-corrected chi connectivity index (χ3v) is 4.20. The van der Waals surface area contributed by atoms with E-state index in [-0.39, 0.29) is 0 Å². The van der Waals surface area contributed by atoms with Gasteiger partial charge in [0.1, 0.15) is 6.29 Å².